The van der Waals surface area contributed by atoms with Crippen molar-refractivity contribution >= 4 is 5.96 Å². The molecular weight excluding hydrogens is 358 g/mol. The Balaban J connectivity index is 1.97. The summed E-state index contributed by atoms with van der Waals surface area (Å²) in [5.41, 5.74) is 2.27. The topological polar surface area (TPSA) is 85.0 Å². The summed E-state index contributed by atoms with van der Waals surface area (Å²) in [6.07, 6.45) is 0.641. The Bertz CT molecular complexity index is 801. The molecule has 1 aromatic carbocycles. The van der Waals surface area contributed by atoms with Crippen molar-refractivity contribution in [1.29, 1.82) is 0 Å². The van der Waals surface area contributed by atoms with E-state index in [1.54, 1.807) is 21.3 Å². The Labute approximate surface area is 166 Å². The molecule has 8 heteroatoms. The van der Waals surface area contributed by atoms with Gasteiger partial charge in [-0.05, 0) is 30.2 Å². The molecule has 0 saturated heterocycles. The average Bonchev–Trinajstić information content (AvgIpc) is 3.15. The molecule has 0 spiro atoms. The SMILES string of the molecule is CN=C(NCCc1nc(C(C)C)no1)N(C)Cc1cc(OC)c(OC)cc1C. The Morgan fingerprint density at radius 3 is 2.50 bits per heavy atom. The number of nitrogens with zero attached hydrogens (tertiary/aromatic N) is 4. The highest BCUT2D eigenvalue weighted by atomic mass is 16.5. The van der Waals surface area contributed by atoms with Crippen molar-refractivity contribution in [2.45, 2.75) is 39.7 Å². The minimum Gasteiger partial charge on any atom is -0.493 e. The predicted octanol–water partition coefficient (Wildman–Crippen LogP) is 2.77. The zero-order valence-corrected chi connectivity index (χ0v) is 17.9. The van der Waals surface area contributed by atoms with Crippen LogP contribution in [0.2, 0.25) is 0 Å². The van der Waals surface area contributed by atoms with Crippen molar-refractivity contribution in [2.75, 3.05) is 34.9 Å². The minimum atomic E-state index is 0.258. The standard InChI is InChI=1S/C20H31N5O3/c1-13(2)19-23-18(28-24-19)8-9-22-20(21-4)25(5)12-15-11-17(27-7)16(26-6)10-14(15)3/h10-11,13H,8-9,12H2,1-7H3,(H,21,22). The quantitative estimate of drug-likeness (QED) is 0.549. The number of nitrogens with one attached hydrogen (secondary N) is 1. The lowest BCUT2D eigenvalue weighted by Gasteiger charge is -2.23. The molecule has 0 unspecified atom stereocenters. The van der Waals surface area contributed by atoms with Crippen molar-refractivity contribution in [3.8, 4) is 11.5 Å². The number of rotatable bonds is 8. The van der Waals surface area contributed by atoms with Crippen LogP contribution in [0.1, 0.15) is 42.6 Å². The molecule has 0 saturated carbocycles. The summed E-state index contributed by atoms with van der Waals surface area (Å²) in [5.74, 6) is 3.86. The molecule has 2 rings (SSSR count). The molecular formula is C20H31N5O3. The van der Waals surface area contributed by atoms with Gasteiger partial charge in [0, 0.05) is 39.5 Å². The van der Waals surface area contributed by atoms with Gasteiger partial charge in [0.1, 0.15) is 0 Å². The van der Waals surface area contributed by atoms with Gasteiger partial charge in [-0.2, -0.15) is 4.98 Å². The first-order valence-electron chi connectivity index (χ1n) is 9.35. The van der Waals surface area contributed by atoms with Gasteiger partial charge in [0.15, 0.2) is 23.3 Å². The van der Waals surface area contributed by atoms with Gasteiger partial charge >= 0.3 is 0 Å². The molecule has 1 heterocycles. The number of hydrogen-bond donors (Lipinski definition) is 1. The summed E-state index contributed by atoms with van der Waals surface area (Å²) < 4.78 is 16.1. The van der Waals surface area contributed by atoms with E-state index < -0.39 is 0 Å². The number of aromatic nitrogens is 2. The fraction of sp³-hybridized carbons (Fsp3) is 0.550. The third kappa shape index (κ3) is 5.37. The average molecular weight is 390 g/mol. The van der Waals surface area contributed by atoms with E-state index in [0.29, 0.717) is 25.4 Å². The Hall–Kier alpha value is -2.77. The molecule has 1 aromatic heterocycles. The van der Waals surface area contributed by atoms with Gasteiger partial charge in [-0.3, -0.25) is 4.99 Å². The van der Waals surface area contributed by atoms with E-state index in [2.05, 4.69) is 32.3 Å². The van der Waals surface area contributed by atoms with Gasteiger partial charge in [-0.1, -0.05) is 19.0 Å². The highest BCUT2D eigenvalue weighted by Gasteiger charge is 2.13. The molecule has 0 fully saturated rings. The second kappa shape index (κ2) is 9.96. The maximum Gasteiger partial charge on any atom is 0.228 e. The molecule has 1 N–H and O–H groups in total. The Kier molecular flexibility index (Phi) is 7.66. The van der Waals surface area contributed by atoms with E-state index in [0.717, 1.165) is 34.4 Å². The van der Waals surface area contributed by atoms with Crippen molar-refractivity contribution < 1.29 is 14.0 Å². The first kappa shape index (κ1) is 21.5. The van der Waals surface area contributed by atoms with Crippen molar-refractivity contribution in [3.05, 3.63) is 35.0 Å². The maximum absolute atomic E-state index is 5.42. The number of hydrogen-bond acceptors (Lipinski definition) is 6. The highest BCUT2D eigenvalue weighted by Crippen LogP contribution is 2.30. The molecule has 0 aliphatic heterocycles. The second-order valence-electron chi connectivity index (χ2n) is 6.91. The first-order valence-corrected chi connectivity index (χ1v) is 9.35. The van der Waals surface area contributed by atoms with Gasteiger partial charge in [0.05, 0.1) is 14.2 Å². The van der Waals surface area contributed by atoms with Gasteiger partial charge < -0.3 is 24.2 Å². The van der Waals surface area contributed by atoms with Crippen LogP contribution in [0, 0.1) is 6.92 Å². The second-order valence-corrected chi connectivity index (χ2v) is 6.91. The minimum absolute atomic E-state index is 0.258. The van der Waals surface area contributed by atoms with Gasteiger partial charge in [0.25, 0.3) is 0 Å². The van der Waals surface area contributed by atoms with E-state index in [9.17, 15) is 0 Å². The summed E-state index contributed by atoms with van der Waals surface area (Å²) in [6, 6.07) is 3.99. The Morgan fingerprint density at radius 1 is 1.25 bits per heavy atom. The number of aryl methyl sites for hydroxylation is 1. The van der Waals surface area contributed by atoms with Crippen LogP contribution in [0.5, 0.6) is 11.5 Å². The number of methoxy groups -OCH3 is 2. The maximum atomic E-state index is 5.42. The van der Waals surface area contributed by atoms with Crippen LogP contribution < -0.4 is 14.8 Å². The van der Waals surface area contributed by atoms with Gasteiger partial charge in [-0.15, -0.1) is 0 Å². The van der Waals surface area contributed by atoms with Gasteiger partial charge in [0.2, 0.25) is 5.89 Å². The van der Waals surface area contributed by atoms with Crippen LogP contribution in [0.4, 0.5) is 0 Å². The third-order valence-corrected chi connectivity index (χ3v) is 4.45. The molecule has 154 valence electrons. The number of ether oxygens (including phenoxy) is 2. The summed E-state index contributed by atoms with van der Waals surface area (Å²) >= 11 is 0. The molecule has 0 radical (unpaired) electrons. The highest BCUT2D eigenvalue weighted by molar-refractivity contribution is 5.79. The largest absolute Gasteiger partial charge is 0.493 e. The third-order valence-electron chi connectivity index (χ3n) is 4.45. The molecule has 0 aliphatic carbocycles. The van der Waals surface area contributed by atoms with Gasteiger partial charge in [-0.25, -0.2) is 0 Å². The van der Waals surface area contributed by atoms with E-state index >= 15 is 0 Å². The summed E-state index contributed by atoms with van der Waals surface area (Å²) in [7, 11) is 7.05. The van der Waals surface area contributed by atoms with Crippen LogP contribution in [0.25, 0.3) is 0 Å². The number of guanidine groups is 1. The smallest absolute Gasteiger partial charge is 0.228 e. The fourth-order valence-electron chi connectivity index (χ4n) is 2.79. The van der Waals surface area contributed by atoms with E-state index in [4.69, 9.17) is 14.0 Å². The lowest BCUT2D eigenvalue weighted by molar-refractivity contribution is 0.353. The first-order chi connectivity index (χ1) is 13.4. The van der Waals surface area contributed by atoms with E-state index in [1.165, 1.54) is 0 Å². The van der Waals surface area contributed by atoms with E-state index in [1.807, 2.05) is 33.0 Å². The molecule has 28 heavy (non-hydrogen) atoms. The lowest BCUT2D eigenvalue weighted by Crippen LogP contribution is -2.39. The summed E-state index contributed by atoms with van der Waals surface area (Å²) in [4.78, 5) is 10.8. The summed E-state index contributed by atoms with van der Waals surface area (Å²) in [6.45, 7) is 7.48. The van der Waals surface area contributed by atoms with Crippen molar-refractivity contribution in [3.63, 3.8) is 0 Å². The lowest BCUT2D eigenvalue weighted by atomic mass is 10.1. The van der Waals surface area contributed by atoms with Crippen LogP contribution in [0.3, 0.4) is 0 Å². The van der Waals surface area contributed by atoms with E-state index in [-0.39, 0.29) is 5.92 Å². The molecule has 8 nitrogen and oxygen atoms in total. The zero-order valence-electron chi connectivity index (χ0n) is 17.9. The van der Waals surface area contributed by atoms with Crippen LogP contribution in [-0.2, 0) is 13.0 Å². The van der Waals surface area contributed by atoms with Crippen LogP contribution in [0.15, 0.2) is 21.6 Å². The van der Waals surface area contributed by atoms with Crippen molar-refractivity contribution in [1.82, 2.24) is 20.4 Å². The molecule has 0 aliphatic rings. The van der Waals surface area contributed by atoms with Crippen molar-refractivity contribution in [2.24, 2.45) is 4.99 Å². The summed E-state index contributed by atoms with van der Waals surface area (Å²) in [5, 5.41) is 7.33. The molecule has 0 amide bonds. The Morgan fingerprint density at radius 2 is 1.93 bits per heavy atom. The van der Waals surface area contributed by atoms with Crippen LogP contribution >= 0.6 is 0 Å². The fourth-order valence-corrected chi connectivity index (χ4v) is 2.79. The zero-order chi connectivity index (χ0) is 20.7. The monoisotopic (exact) mass is 389 g/mol. The predicted molar refractivity (Wildman–Crippen MR) is 109 cm³/mol. The number of benzene rings is 1. The number of aliphatic imine (C=N–C) groups is 1. The molecule has 0 bridgehead atoms. The molecule has 2 aromatic rings. The normalized spacial score (nSPS) is 11.6. The molecule has 0 atom stereocenters. The van der Waals surface area contributed by atoms with Crippen LogP contribution in [-0.4, -0.2) is 55.9 Å².